The number of hydrogen-bond acceptors (Lipinski definition) is 17. The lowest BCUT2D eigenvalue weighted by Crippen LogP contribution is -2.55. The quantitative estimate of drug-likeness (QED) is 0.0848. The number of esters is 4. The average molecular weight is 1230 g/mol. The predicted octanol–water partition coefficient (Wildman–Crippen LogP) is 6.27. The fraction of sp³-hybridized carbons (Fsp3) is 0.576. The van der Waals surface area contributed by atoms with Crippen LogP contribution in [0.15, 0.2) is 60.7 Å². The van der Waals surface area contributed by atoms with Gasteiger partial charge in [0.2, 0.25) is 0 Å². The fourth-order valence-corrected chi connectivity index (χ4v) is 10.9. The highest BCUT2D eigenvalue weighted by molar-refractivity contribution is 5.94. The van der Waals surface area contributed by atoms with Gasteiger partial charge in [0.05, 0.1) is 25.4 Å². The zero-order valence-corrected chi connectivity index (χ0v) is 53.9. The van der Waals surface area contributed by atoms with Crippen LogP contribution in [0.2, 0.25) is 0 Å². The molecule has 23 heteroatoms. The first kappa shape index (κ1) is 69.7. The molecule has 2 aromatic heterocycles. The molecule has 1 saturated heterocycles. The van der Waals surface area contributed by atoms with Crippen molar-refractivity contribution in [3.05, 3.63) is 106 Å². The van der Waals surface area contributed by atoms with E-state index in [1.54, 1.807) is 36.4 Å². The van der Waals surface area contributed by atoms with Crippen molar-refractivity contribution in [1.29, 1.82) is 10.5 Å². The SMILES string of the molecule is CC(C)C[C@H]1C(=O)O[C@H](Cc2ccc(Cn3nc(CO)cc3C3CC3)cc2)C(=O)N(C)[C@@H](CC(C)C)C(=O)O[C@H](C)C(=O)N(C)[C@@H](CC(C)C)C(=O)O[C@H](Cc2ccc(Cn3nc(C#N)cc3C#N)cc2)C(=O)N(C)[C@@H](CC(C)C)C(=O)O[C@H](C)C(=O)N1C. The molecular formula is C66H88N10O13. The van der Waals surface area contributed by atoms with Crippen LogP contribution in [-0.4, -0.2) is 169 Å². The zero-order chi connectivity index (χ0) is 65.7. The highest BCUT2D eigenvalue weighted by atomic mass is 16.6. The van der Waals surface area contributed by atoms with E-state index in [2.05, 4.69) is 10.2 Å². The lowest BCUT2D eigenvalue weighted by atomic mass is 9.99. The van der Waals surface area contributed by atoms with Gasteiger partial charge in [0.15, 0.2) is 30.1 Å². The van der Waals surface area contributed by atoms with Crippen LogP contribution in [0.3, 0.4) is 0 Å². The summed E-state index contributed by atoms with van der Waals surface area (Å²) in [7, 11) is 5.46. The first-order valence-corrected chi connectivity index (χ1v) is 30.6. The third-order valence-corrected chi connectivity index (χ3v) is 16.1. The molecule has 8 atom stereocenters. The fourth-order valence-electron chi connectivity index (χ4n) is 10.9. The lowest BCUT2D eigenvalue weighted by Gasteiger charge is -2.35. The van der Waals surface area contributed by atoms with Gasteiger partial charge in [-0.05, 0) is 104 Å². The molecule has 89 heavy (non-hydrogen) atoms. The summed E-state index contributed by atoms with van der Waals surface area (Å²) >= 11 is 0. The Morgan fingerprint density at radius 2 is 0.843 bits per heavy atom. The Balaban J connectivity index is 1.39. The maximum atomic E-state index is 15.1. The van der Waals surface area contributed by atoms with Crippen LogP contribution >= 0.6 is 0 Å². The van der Waals surface area contributed by atoms with E-state index >= 15 is 9.59 Å². The number of cyclic esters (lactones) is 4. The molecule has 0 unspecified atom stereocenters. The molecule has 2 aliphatic rings. The summed E-state index contributed by atoms with van der Waals surface area (Å²) in [5.74, 6) is -7.56. The third kappa shape index (κ3) is 18.6. The summed E-state index contributed by atoms with van der Waals surface area (Å²) in [6, 6.07) is 16.0. The van der Waals surface area contributed by atoms with Gasteiger partial charge in [-0.1, -0.05) is 104 Å². The van der Waals surface area contributed by atoms with Crippen molar-refractivity contribution in [2.45, 2.75) is 195 Å². The number of benzene rings is 2. The Hall–Kier alpha value is -8.44. The summed E-state index contributed by atoms with van der Waals surface area (Å²) in [5, 5.41) is 37.7. The molecule has 4 amide bonds. The highest BCUT2D eigenvalue weighted by Crippen LogP contribution is 2.40. The minimum atomic E-state index is -1.62. The van der Waals surface area contributed by atoms with Crippen molar-refractivity contribution < 1.29 is 62.4 Å². The molecule has 6 rings (SSSR count). The standard InChI is InChI=1S/C66H88N10O13/c1-38(2)25-53-63(82)86-43(10)60(79)72(12)56(28-41(7)8)66(85)89-58(30-45-17-21-47(22-18-45)36-76-52(48-23-24-48)32-50(37-77)70-76)62(81)74(14)54(26-39(3)4)64(83)87-42(9)59(78)71(11)55(27-40(5)6)65(84)88-57(61(80)73(53)13)29-44-15-19-46(20-16-44)35-75-51(34-68)31-49(33-67)69-75/h15-22,31-32,38-43,48,53-58,77H,23-30,35-37H2,1-14H3/t42-,43-,53+,54+,55+,56+,57-,58-/m1/s1. The first-order chi connectivity index (χ1) is 42.0. The Morgan fingerprint density at radius 3 is 1.18 bits per heavy atom. The van der Waals surface area contributed by atoms with E-state index in [1.807, 2.05) is 90.4 Å². The second kappa shape index (κ2) is 31.1. The average Bonchev–Trinajstić information content (AvgIpc) is 3.95. The van der Waals surface area contributed by atoms with Crippen LogP contribution in [0.1, 0.15) is 159 Å². The van der Waals surface area contributed by atoms with Crippen molar-refractivity contribution >= 4 is 47.5 Å². The molecule has 23 nitrogen and oxygen atoms in total. The molecule has 0 spiro atoms. The monoisotopic (exact) mass is 1230 g/mol. The Morgan fingerprint density at radius 1 is 0.494 bits per heavy atom. The Kier molecular flexibility index (Phi) is 24.4. The van der Waals surface area contributed by atoms with Gasteiger partial charge in [-0.3, -0.25) is 23.9 Å². The van der Waals surface area contributed by atoms with Crippen molar-refractivity contribution in [1.82, 2.24) is 39.2 Å². The van der Waals surface area contributed by atoms with Gasteiger partial charge in [-0.2, -0.15) is 20.7 Å². The predicted molar refractivity (Wildman–Crippen MR) is 325 cm³/mol. The number of carbonyl (C=O) groups is 8. The molecule has 1 N–H and O–H groups in total. The van der Waals surface area contributed by atoms with Gasteiger partial charge >= 0.3 is 23.9 Å². The van der Waals surface area contributed by atoms with Crippen molar-refractivity contribution in [3.63, 3.8) is 0 Å². The maximum Gasteiger partial charge on any atom is 0.329 e. The van der Waals surface area contributed by atoms with Gasteiger partial charge in [-0.15, -0.1) is 0 Å². The maximum absolute atomic E-state index is 15.1. The third-order valence-electron chi connectivity index (χ3n) is 16.1. The van der Waals surface area contributed by atoms with Crippen molar-refractivity contribution in [2.24, 2.45) is 23.7 Å². The summed E-state index contributed by atoms with van der Waals surface area (Å²) in [6.45, 7) is 17.7. The normalized spacial score (nSPS) is 22.8. The van der Waals surface area contributed by atoms with Crippen LogP contribution in [0.5, 0.6) is 0 Å². The molecule has 0 radical (unpaired) electrons. The molecule has 4 aromatic rings. The number of nitrogens with zero attached hydrogens (tertiary/aromatic N) is 10. The number of likely N-dealkylation sites (N-methyl/N-ethyl adjacent to an activating group) is 4. The Labute approximate surface area is 522 Å². The second-order valence-corrected chi connectivity index (χ2v) is 25.4. The number of rotatable bonds is 18. The number of aliphatic hydroxyl groups is 1. The van der Waals surface area contributed by atoms with Gasteiger partial charge in [0.1, 0.15) is 42.0 Å². The topological polar surface area (TPSA) is 290 Å². The Bertz CT molecular complexity index is 3230. The van der Waals surface area contributed by atoms with E-state index in [0.29, 0.717) is 34.8 Å². The first-order valence-electron chi connectivity index (χ1n) is 30.6. The van der Waals surface area contributed by atoms with E-state index in [-0.39, 0.29) is 86.7 Å². The molecule has 1 saturated carbocycles. The summed E-state index contributed by atoms with van der Waals surface area (Å²) in [5.41, 5.74) is 4.50. The van der Waals surface area contributed by atoms with Crippen LogP contribution < -0.4 is 0 Å². The van der Waals surface area contributed by atoms with Gasteiger partial charge in [-0.25, -0.2) is 23.9 Å². The molecule has 3 heterocycles. The number of amides is 4. The number of hydrogen-bond donors (Lipinski definition) is 1. The summed E-state index contributed by atoms with van der Waals surface area (Å²) in [6.07, 6.45) is -4.42. The van der Waals surface area contributed by atoms with Crippen LogP contribution in [0, 0.1) is 46.3 Å². The lowest BCUT2D eigenvalue weighted by molar-refractivity contribution is -0.176. The number of ether oxygens (including phenoxy) is 4. The van der Waals surface area contributed by atoms with Crippen molar-refractivity contribution in [2.75, 3.05) is 28.2 Å². The van der Waals surface area contributed by atoms with Gasteiger partial charge in [0.25, 0.3) is 23.6 Å². The number of nitriles is 2. The van der Waals surface area contributed by atoms with E-state index in [0.717, 1.165) is 43.7 Å². The van der Waals surface area contributed by atoms with E-state index in [1.165, 1.54) is 52.8 Å². The van der Waals surface area contributed by atoms with Crippen molar-refractivity contribution in [3.8, 4) is 12.1 Å². The highest BCUT2D eigenvalue weighted by Gasteiger charge is 2.43. The number of aromatic nitrogens is 4. The molecule has 2 aromatic carbocycles. The largest absolute Gasteiger partial charge is 0.451 e. The molecule has 2 fully saturated rings. The number of carbonyl (C=O) groups excluding carboxylic acids is 8. The second-order valence-electron chi connectivity index (χ2n) is 25.4. The molecule has 0 bridgehead atoms. The molecular weight excluding hydrogens is 1140 g/mol. The van der Waals surface area contributed by atoms with E-state index < -0.39 is 96.1 Å². The number of aliphatic hydroxyl groups excluding tert-OH is 1. The van der Waals surface area contributed by atoms with Gasteiger partial charge in [0, 0.05) is 58.7 Å². The molecule has 1 aliphatic heterocycles. The van der Waals surface area contributed by atoms with Crippen LogP contribution in [-0.2, 0) is 89.8 Å². The molecule has 480 valence electrons. The summed E-state index contributed by atoms with van der Waals surface area (Å²) < 4.78 is 27.5. The zero-order valence-electron chi connectivity index (χ0n) is 53.9. The van der Waals surface area contributed by atoms with E-state index in [4.69, 9.17) is 18.9 Å². The molecule has 1 aliphatic carbocycles. The van der Waals surface area contributed by atoms with Crippen LogP contribution in [0.4, 0.5) is 0 Å². The van der Waals surface area contributed by atoms with Gasteiger partial charge < -0.3 is 43.7 Å². The van der Waals surface area contributed by atoms with E-state index in [9.17, 15) is 44.4 Å². The van der Waals surface area contributed by atoms with Crippen LogP contribution in [0.25, 0.3) is 0 Å². The minimum Gasteiger partial charge on any atom is -0.451 e. The minimum absolute atomic E-state index is 0.0344. The smallest absolute Gasteiger partial charge is 0.329 e. The summed E-state index contributed by atoms with van der Waals surface area (Å²) in [4.78, 5) is 123.